The molecule has 21 heavy (non-hydrogen) atoms. The summed E-state index contributed by atoms with van der Waals surface area (Å²) < 4.78 is 26.5. The van der Waals surface area contributed by atoms with Crippen LogP contribution in [0.5, 0.6) is 0 Å². The molecule has 1 saturated heterocycles. The van der Waals surface area contributed by atoms with Crippen molar-refractivity contribution >= 4 is 27.6 Å². The molecule has 1 heterocycles. The molecule has 1 atom stereocenters. The summed E-state index contributed by atoms with van der Waals surface area (Å²) in [5, 5.41) is 9.53. The van der Waals surface area contributed by atoms with Crippen molar-refractivity contribution in [3.05, 3.63) is 28.8 Å². The highest BCUT2D eigenvalue weighted by Crippen LogP contribution is 2.38. The van der Waals surface area contributed by atoms with E-state index in [1.54, 1.807) is 19.1 Å². The Kier molecular flexibility index (Phi) is 4.33. The summed E-state index contributed by atoms with van der Waals surface area (Å²) in [6.45, 7) is 3.78. The van der Waals surface area contributed by atoms with E-state index in [1.165, 1.54) is 10.4 Å². The zero-order chi connectivity index (χ0) is 15.8. The Morgan fingerprint density at radius 3 is 2.62 bits per heavy atom. The SMILES string of the molecule is CCC1(C(=O)O)CCN(S(=O)(=O)c2ccc(C)cc2Cl)C1. The molecule has 7 heteroatoms. The van der Waals surface area contributed by atoms with Gasteiger partial charge in [0.2, 0.25) is 10.0 Å². The number of nitrogens with zero attached hydrogens (tertiary/aromatic N) is 1. The Balaban J connectivity index is 2.36. The zero-order valence-corrected chi connectivity index (χ0v) is 13.5. The van der Waals surface area contributed by atoms with Gasteiger partial charge in [0.25, 0.3) is 0 Å². The molecule has 1 unspecified atom stereocenters. The van der Waals surface area contributed by atoms with Crippen LogP contribution < -0.4 is 0 Å². The van der Waals surface area contributed by atoms with E-state index in [2.05, 4.69) is 0 Å². The first-order valence-electron chi connectivity index (χ1n) is 6.73. The standard InChI is InChI=1S/C14H18ClNO4S/c1-3-14(13(17)18)6-7-16(9-14)21(19,20)12-5-4-10(2)8-11(12)15/h4-5,8H,3,6-7,9H2,1-2H3,(H,17,18). The van der Waals surface area contributed by atoms with Crippen molar-refractivity contribution in [2.75, 3.05) is 13.1 Å². The highest BCUT2D eigenvalue weighted by molar-refractivity contribution is 7.89. The minimum atomic E-state index is -3.76. The zero-order valence-electron chi connectivity index (χ0n) is 12.0. The second-order valence-electron chi connectivity index (χ2n) is 5.46. The molecule has 2 rings (SSSR count). The maximum Gasteiger partial charge on any atom is 0.311 e. The van der Waals surface area contributed by atoms with Crippen LogP contribution in [-0.4, -0.2) is 36.9 Å². The van der Waals surface area contributed by atoms with E-state index in [4.69, 9.17) is 11.6 Å². The Morgan fingerprint density at radius 1 is 1.48 bits per heavy atom. The van der Waals surface area contributed by atoms with Crippen molar-refractivity contribution in [1.29, 1.82) is 0 Å². The highest BCUT2D eigenvalue weighted by Gasteiger charge is 2.47. The number of carbonyl (C=O) groups is 1. The first-order valence-corrected chi connectivity index (χ1v) is 8.54. The predicted octanol–water partition coefficient (Wildman–Crippen LogP) is 2.52. The Labute approximate surface area is 129 Å². The Bertz CT molecular complexity index is 674. The quantitative estimate of drug-likeness (QED) is 0.920. The van der Waals surface area contributed by atoms with Gasteiger partial charge in [-0.05, 0) is 37.5 Å². The van der Waals surface area contributed by atoms with Crippen LogP contribution in [0.3, 0.4) is 0 Å². The number of sulfonamides is 1. The van der Waals surface area contributed by atoms with Gasteiger partial charge < -0.3 is 5.11 Å². The fourth-order valence-corrected chi connectivity index (χ4v) is 4.71. The molecule has 0 spiro atoms. The fourth-order valence-electron chi connectivity index (χ4n) is 2.61. The van der Waals surface area contributed by atoms with Gasteiger partial charge in [-0.1, -0.05) is 24.6 Å². The molecule has 0 radical (unpaired) electrons. The minimum absolute atomic E-state index is 0.00856. The fraction of sp³-hybridized carbons (Fsp3) is 0.500. The lowest BCUT2D eigenvalue weighted by Crippen LogP contribution is -2.36. The van der Waals surface area contributed by atoms with E-state index in [1.807, 2.05) is 6.92 Å². The van der Waals surface area contributed by atoms with Gasteiger partial charge in [0.1, 0.15) is 4.90 Å². The number of hydrogen-bond acceptors (Lipinski definition) is 3. The molecule has 1 aromatic carbocycles. The van der Waals surface area contributed by atoms with Crippen molar-refractivity contribution in [2.45, 2.75) is 31.6 Å². The molecule has 1 N–H and O–H groups in total. The molecule has 0 aliphatic carbocycles. The van der Waals surface area contributed by atoms with E-state index in [-0.39, 0.29) is 23.0 Å². The molecule has 0 aromatic heterocycles. The van der Waals surface area contributed by atoms with Gasteiger partial charge in [-0.25, -0.2) is 8.42 Å². The molecule has 0 bridgehead atoms. The first-order chi connectivity index (χ1) is 9.73. The smallest absolute Gasteiger partial charge is 0.311 e. The summed E-state index contributed by atoms with van der Waals surface area (Å²) in [5.74, 6) is -0.947. The lowest BCUT2D eigenvalue weighted by Gasteiger charge is -2.23. The Hall–Kier alpha value is -1.11. The second-order valence-corrected chi connectivity index (χ2v) is 7.78. The third kappa shape index (κ3) is 2.80. The second kappa shape index (κ2) is 5.59. The van der Waals surface area contributed by atoms with Gasteiger partial charge in [-0.3, -0.25) is 4.79 Å². The number of benzene rings is 1. The lowest BCUT2D eigenvalue weighted by atomic mass is 9.85. The topological polar surface area (TPSA) is 74.7 Å². The molecule has 0 amide bonds. The highest BCUT2D eigenvalue weighted by atomic mass is 35.5. The summed E-state index contributed by atoms with van der Waals surface area (Å²) in [7, 11) is -3.76. The molecular weight excluding hydrogens is 314 g/mol. The van der Waals surface area contributed by atoms with Crippen LogP contribution in [0.1, 0.15) is 25.3 Å². The summed E-state index contributed by atoms with van der Waals surface area (Å²) in [4.78, 5) is 11.5. The number of halogens is 1. The number of aliphatic carboxylic acids is 1. The van der Waals surface area contributed by atoms with Crippen molar-refractivity contribution in [2.24, 2.45) is 5.41 Å². The van der Waals surface area contributed by atoms with Gasteiger partial charge in [0.05, 0.1) is 10.4 Å². The molecule has 1 aliphatic heterocycles. The maximum atomic E-state index is 12.6. The van der Waals surface area contributed by atoms with Crippen LogP contribution in [0.15, 0.2) is 23.1 Å². The molecule has 1 aromatic rings. The predicted molar refractivity (Wildman–Crippen MR) is 79.9 cm³/mol. The molecule has 116 valence electrons. The third-order valence-electron chi connectivity index (χ3n) is 4.15. The van der Waals surface area contributed by atoms with Crippen LogP contribution in [0.25, 0.3) is 0 Å². The van der Waals surface area contributed by atoms with Crippen LogP contribution in [-0.2, 0) is 14.8 Å². The number of carboxylic acid groups (broad SMARTS) is 1. The van der Waals surface area contributed by atoms with E-state index in [9.17, 15) is 18.3 Å². The van der Waals surface area contributed by atoms with E-state index in [0.717, 1.165) is 5.56 Å². The van der Waals surface area contributed by atoms with Crippen molar-refractivity contribution in [3.8, 4) is 0 Å². The molecule has 1 aliphatic rings. The monoisotopic (exact) mass is 331 g/mol. The normalized spacial score (nSPS) is 23.4. The van der Waals surface area contributed by atoms with Gasteiger partial charge in [0.15, 0.2) is 0 Å². The van der Waals surface area contributed by atoms with Crippen LogP contribution in [0.2, 0.25) is 5.02 Å². The number of carboxylic acids is 1. The molecule has 0 saturated carbocycles. The molecule has 5 nitrogen and oxygen atoms in total. The number of aryl methyl sites for hydroxylation is 1. The van der Waals surface area contributed by atoms with Crippen LogP contribution in [0.4, 0.5) is 0 Å². The van der Waals surface area contributed by atoms with Gasteiger partial charge in [0, 0.05) is 13.1 Å². The number of rotatable bonds is 4. The van der Waals surface area contributed by atoms with E-state index >= 15 is 0 Å². The third-order valence-corrected chi connectivity index (χ3v) is 6.48. The van der Waals surface area contributed by atoms with Gasteiger partial charge in [-0.15, -0.1) is 0 Å². The van der Waals surface area contributed by atoms with Crippen molar-refractivity contribution in [3.63, 3.8) is 0 Å². The average molecular weight is 332 g/mol. The maximum absolute atomic E-state index is 12.6. The summed E-state index contributed by atoms with van der Waals surface area (Å²) in [6.07, 6.45) is 0.720. The largest absolute Gasteiger partial charge is 0.481 e. The number of hydrogen-bond donors (Lipinski definition) is 1. The van der Waals surface area contributed by atoms with Crippen molar-refractivity contribution in [1.82, 2.24) is 4.31 Å². The van der Waals surface area contributed by atoms with Gasteiger partial charge >= 0.3 is 5.97 Å². The first kappa shape index (κ1) is 16.3. The summed E-state index contributed by atoms with van der Waals surface area (Å²) in [6, 6.07) is 4.74. The summed E-state index contributed by atoms with van der Waals surface area (Å²) in [5.41, 5.74) is -0.127. The van der Waals surface area contributed by atoms with Crippen LogP contribution in [0, 0.1) is 12.3 Å². The minimum Gasteiger partial charge on any atom is -0.481 e. The van der Waals surface area contributed by atoms with Crippen LogP contribution >= 0.6 is 11.6 Å². The van der Waals surface area contributed by atoms with Crippen molar-refractivity contribution < 1.29 is 18.3 Å². The average Bonchev–Trinajstić information content (AvgIpc) is 2.84. The van der Waals surface area contributed by atoms with E-state index < -0.39 is 21.4 Å². The summed E-state index contributed by atoms with van der Waals surface area (Å²) >= 11 is 6.04. The molecule has 1 fully saturated rings. The van der Waals surface area contributed by atoms with E-state index in [0.29, 0.717) is 12.8 Å². The Morgan fingerprint density at radius 2 is 2.14 bits per heavy atom. The molecular formula is C14H18ClNO4S. The van der Waals surface area contributed by atoms with Gasteiger partial charge in [-0.2, -0.15) is 4.31 Å². The lowest BCUT2D eigenvalue weighted by molar-refractivity contribution is -0.148.